The highest BCUT2D eigenvalue weighted by atomic mass is 14.9. The highest BCUT2D eigenvalue weighted by molar-refractivity contribution is 5.82. The topological polar surface area (TPSA) is 24.9 Å². The molecule has 0 fully saturated rings. The number of fused-ring (bicyclic) bond motifs is 1. The molecule has 1 N–H and O–H groups in total. The van der Waals surface area contributed by atoms with Gasteiger partial charge in [-0.25, -0.2) is 0 Å². The second-order valence-corrected chi connectivity index (χ2v) is 4.00. The summed E-state index contributed by atoms with van der Waals surface area (Å²) >= 11 is 0. The zero-order valence-electron chi connectivity index (χ0n) is 9.98. The van der Waals surface area contributed by atoms with Crippen molar-refractivity contribution in [3.05, 3.63) is 42.1 Å². The van der Waals surface area contributed by atoms with Gasteiger partial charge in [0.25, 0.3) is 0 Å². The number of rotatable bonds is 4. The maximum absolute atomic E-state index is 5.33. The van der Waals surface area contributed by atoms with Crippen LogP contribution in [0.5, 0.6) is 0 Å². The van der Waals surface area contributed by atoms with E-state index < -0.39 is 0 Å². The van der Waals surface area contributed by atoms with E-state index in [2.05, 4.69) is 28.4 Å². The number of benzene rings is 1. The van der Waals surface area contributed by atoms with Crippen LogP contribution in [-0.2, 0) is 0 Å². The van der Waals surface area contributed by atoms with Crippen molar-refractivity contribution in [1.29, 1.82) is 0 Å². The van der Waals surface area contributed by atoms with E-state index in [-0.39, 0.29) is 0 Å². The minimum atomic E-state index is 0.291. The van der Waals surface area contributed by atoms with Gasteiger partial charge in [0.05, 0.1) is 5.52 Å². The summed E-state index contributed by atoms with van der Waals surface area (Å²) in [7, 11) is 1.97. The van der Waals surface area contributed by atoms with Crippen molar-refractivity contribution in [1.82, 2.24) is 10.3 Å². The van der Waals surface area contributed by atoms with E-state index in [0.717, 1.165) is 18.4 Å². The molecule has 0 aliphatic carbocycles. The van der Waals surface area contributed by atoms with Crippen LogP contribution >= 0.6 is 0 Å². The summed E-state index contributed by atoms with van der Waals surface area (Å²) in [6.45, 7) is 0. The van der Waals surface area contributed by atoms with E-state index in [1.54, 1.807) is 0 Å². The molecule has 0 bridgehead atoms. The van der Waals surface area contributed by atoms with Crippen LogP contribution in [0.25, 0.3) is 10.9 Å². The Balaban J connectivity index is 2.43. The first kappa shape index (κ1) is 11.6. The molecule has 17 heavy (non-hydrogen) atoms. The third-order valence-corrected chi connectivity index (χ3v) is 2.98. The monoisotopic (exact) mass is 224 g/mol. The van der Waals surface area contributed by atoms with Crippen molar-refractivity contribution < 1.29 is 0 Å². The molecule has 0 aliphatic heterocycles. The van der Waals surface area contributed by atoms with Gasteiger partial charge in [0.1, 0.15) is 0 Å². The first-order valence-corrected chi connectivity index (χ1v) is 5.81. The number of para-hydroxylation sites is 1. The van der Waals surface area contributed by atoms with Crippen LogP contribution in [0.1, 0.15) is 24.4 Å². The smallest absolute Gasteiger partial charge is 0.0705 e. The van der Waals surface area contributed by atoms with Gasteiger partial charge in [-0.2, -0.15) is 0 Å². The summed E-state index contributed by atoms with van der Waals surface area (Å²) in [6, 6.07) is 10.6. The molecule has 1 aromatic carbocycles. The van der Waals surface area contributed by atoms with Crippen molar-refractivity contribution >= 4 is 10.9 Å². The van der Waals surface area contributed by atoms with Crippen LogP contribution in [0.15, 0.2) is 36.5 Å². The second-order valence-electron chi connectivity index (χ2n) is 4.00. The number of nitrogens with zero attached hydrogens (tertiary/aromatic N) is 1. The minimum Gasteiger partial charge on any atom is -0.313 e. The predicted octanol–water partition coefficient (Wildman–Crippen LogP) is 2.91. The molecule has 86 valence electrons. The Kier molecular flexibility index (Phi) is 3.74. The molecule has 0 radical (unpaired) electrons. The Bertz CT molecular complexity index is 535. The van der Waals surface area contributed by atoms with Crippen molar-refractivity contribution in [2.75, 3.05) is 7.05 Å². The van der Waals surface area contributed by atoms with E-state index in [9.17, 15) is 0 Å². The Labute approximate surface area is 102 Å². The van der Waals surface area contributed by atoms with Crippen LogP contribution in [0.2, 0.25) is 0 Å². The number of nitrogens with one attached hydrogen (secondary N) is 1. The molecule has 1 heterocycles. The van der Waals surface area contributed by atoms with Crippen molar-refractivity contribution in [2.45, 2.75) is 18.9 Å². The minimum absolute atomic E-state index is 0.291. The van der Waals surface area contributed by atoms with Crippen LogP contribution in [0.4, 0.5) is 0 Å². The lowest BCUT2D eigenvalue weighted by Gasteiger charge is -2.17. The quantitative estimate of drug-likeness (QED) is 0.808. The molecule has 0 amide bonds. The van der Waals surface area contributed by atoms with Crippen molar-refractivity contribution in [3.8, 4) is 12.3 Å². The fourth-order valence-corrected chi connectivity index (χ4v) is 2.10. The lowest BCUT2D eigenvalue weighted by Crippen LogP contribution is -2.16. The third kappa shape index (κ3) is 2.46. The van der Waals surface area contributed by atoms with Gasteiger partial charge in [-0.3, -0.25) is 4.98 Å². The van der Waals surface area contributed by atoms with Gasteiger partial charge < -0.3 is 5.32 Å². The number of aromatic nitrogens is 1. The molecule has 2 aromatic rings. The average molecular weight is 224 g/mol. The van der Waals surface area contributed by atoms with E-state index in [1.165, 1.54) is 10.9 Å². The van der Waals surface area contributed by atoms with Crippen molar-refractivity contribution in [2.24, 2.45) is 0 Å². The zero-order valence-corrected chi connectivity index (χ0v) is 9.98. The first-order valence-electron chi connectivity index (χ1n) is 5.81. The number of terminal acetylenes is 1. The van der Waals surface area contributed by atoms with E-state index >= 15 is 0 Å². The van der Waals surface area contributed by atoms with E-state index in [1.807, 2.05) is 31.4 Å². The largest absolute Gasteiger partial charge is 0.313 e. The maximum atomic E-state index is 5.33. The van der Waals surface area contributed by atoms with Gasteiger partial charge in [0, 0.05) is 24.0 Å². The van der Waals surface area contributed by atoms with Gasteiger partial charge >= 0.3 is 0 Å². The fraction of sp³-hybridized carbons (Fsp3) is 0.267. The molecule has 0 aliphatic rings. The van der Waals surface area contributed by atoms with Crippen molar-refractivity contribution in [3.63, 3.8) is 0 Å². The summed E-state index contributed by atoms with van der Waals surface area (Å²) < 4.78 is 0. The summed E-state index contributed by atoms with van der Waals surface area (Å²) in [4.78, 5) is 4.37. The predicted molar refractivity (Wildman–Crippen MR) is 71.6 cm³/mol. The van der Waals surface area contributed by atoms with Crippen LogP contribution < -0.4 is 5.32 Å². The van der Waals surface area contributed by atoms with E-state index in [0.29, 0.717) is 6.04 Å². The van der Waals surface area contributed by atoms with E-state index in [4.69, 9.17) is 6.42 Å². The summed E-state index contributed by atoms with van der Waals surface area (Å²) in [5.41, 5.74) is 2.30. The second kappa shape index (κ2) is 5.47. The molecular weight excluding hydrogens is 208 g/mol. The third-order valence-electron chi connectivity index (χ3n) is 2.98. The summed E-state index contributed by atoms with van der Waals surface area (Å²) in [5, 5.41) is 4.52. The molecule has 0 spiro atoms. The van der Waals surface area contributed by atoms with Gasteiger partial charge in [0.2, 0.25) is 0 Å². The van der Waals surface area contributed by atoms with Crippen LogP contribution in [0.3, 0.4) is 0 Å². The Morgan fingerprint density at radius 1 is 1.35 bits per heavy atom. The molecule has 2 heteroatoms. The number of pyridine rings is 1. The fourth-order valence-electron chi connectivity index (χ4n) is 2.10. The highest BCUT2D eigenvalue weighted by Crippen LogP contribution is 2.25. The zero-order chi connectivity index (χ0) is 12.1. The van der Waals surface area contributed by atoms with Gasteiger partial charge in [-0.05, 0) is 31.2 Å². The molecule has 0 saturated carbocycles. The molecule has 2 rings (SSSR count). The Morgan fingerprint density at radius 2 is 2.18 bits per heavy atom. The van der Waals surface area contributed by atoms with Gasteiger partial charge in [0.15, 0.2) is 0 Å². The molecule has 1 unspecified atom stereocenters. The van der Waals surface area contributed by atoms with Crippen LogP contribution in [0, 0.1) is 12.3 Å². The molecule has 0 saturated heterocycles. The normalized spacial score (nSPS) is 12.2. The lowest BCUT2D eigenvalue weighted by atomic mass is 9.98. The first-order chi connectivity index (χ1) is 8.36. The van der Waals surface area contributed by atoms with Crippen LogP contribution in [-0.4, -0.2) is 12.0 Å². The Morgan fingerprint density at radius 3 is 2.94 bits per heavy atom. The molecular formula is C15H16N2. The number of hydrogen-bond acceptors (Lipinski definition) is 2. The standard InChI is InChI=1S/C15H16N2/c1-3-4-8-14(16-2)13-10-11-17-15-9-6-5-7-12(13)15/h1,5-7,9-11,14,16H,4,8H2,2H3. The SMILES string of the molecule is C#CCCC(NC)c1ccnc2ccccc12. The molecule has 1 aromatic heterocycles. The lowest BCUT2D eigenvalue weighted by molar-refractivity contribution is 0.562. The molecule has 2 nitrogen and oxygen atoms in total. The average Bonchev–Trinajstić information content (AvgIpc) is 2.40. The summed E-state index contributed by atoms with van der Waals surface area (Å²) in [5.74, 6) is 2.69. The maximum Gasteiger partial charge on any atom is 0.0705 e. The number of hydrogen-bond donors (Lipinski definition) is 1. The van der Waals surface area contributed by atoms with Gasteiger partial charge in [-0.1, -0.05) is 18.2 Å². The highest BCUT2D eigenvalue weighted by Gasteiger charge is 2.11. The Hall–Kier alpha value is -1.85. The summed E-state index contributed by atoms with van der Waals surface area (Å²) in [6.07, 6.45) is 8.92. The molecule has 1 atom stereocenters. The van der Waals surface area contributed by atoms with Gasteiger partial charge in [-0.15, -0.1) is 12.3 Å².